The summed E-state index contributed by atoms with van der Waals surface area (Å²) in [5.41, 5.74) is -1.99. The van der Waals surface area contributed by atoms with E-state index in [1.165, 1.54) is 11.7 Å². The number of nitrogens with one attached hydrogen (secondary N) is 1. The highest BCUT2D eigenvalue weighted by Gasteiger charge is 2.16. The van der Waals surface area contributed by atoms with Crippen molar-refractivity contribution in [1.29, 1.82) is 0 Å². The van der Waals surface area contributed by atoms with Crippen LogP contribution in [0.15, 0.2) is 15.8 Å². The van der Waals surface area contributed by atoms with Crippen molar-refractivity contribution in [2.24, 2.45) is 0 Å². The molecule has 1 aromatic rings. The lowest BCUT2D eigenvalue weighted by Crippen LogP contribution is -2.36. The second-order valence-electron chi connectivity index (χ2n) is 3.53. The summed E-state index contributed by atoms with van der Waals surface area (Å²) in [6, 6.07) is -0.303. The van der Waals surface area contributed by atoms with Crippen LogP contribution in [-0.2, 0) is 4.74 Å². The SMILES string of the molecule is CCC(COC)n1cc(C(=O)O)c(=O)[nH]c1=O. The Balaban J connectivity index is 3.33. The molecular weight excluding hydrogens is 228 g/mol. The lowest BCUT2D eigenvalue weighted by molar-refractivity contribution is 0.0692. The van der Waals surface area contributed by atoms with Crippen LogP contribution < -0.4 is 11.2 Å². The van der Waals surface area contributed by atoms with Crippen LogP contribution in [0.25, 0.3) is 0 Å². The van der Waals surface area contributed by atoms with Crippen molar-refractivity contribution in [3.63, 3.8) is 0 Å². The van der Waals surface area contributed by atoms with E-state index in [4.69, 9.17) is 9.84 Å². The lowest BCUT2D eigenvalue weighted by Gasteiger charge is -2.16. The largest absolute Gasteiger partial charge is 0.477 e. The van der Waals surface area contributed by atoms with Crippen LogP contribution in [0.1, 0.15) is 29.7 Å². The molecule has 0 amide bonds. The molecule has 0 saturated heterocycles. The van der Waals surface area contributed by atoms with E-state index < -0.39 is 22.8 Å². The first-order chi connectivity index (χ1) is 8.01. The summed E-state index contributed by atoms with van der Waals surface area (Å²) in [5, 5.41) is 8.80. The number of carboxylic acids is 1. The molecule has 0 fully saturated rings. The molecule has 0 radical (unpaired) electrons. The first-order valence-electron chi connectivity index (χ1n) is 5.09. The van der Waals surface area contributed by atoms with Gasteiger partial charge >= 0.3 is 11.7 Å². The molecule has 7 heteroatoms. The minimum Gasteiger partial charge on any atom is -0.477 e. The maximum atomic E-state index is 11.5. The van der Waals surface area contributed by atoms with Crippen LogP contribution in [0, 0.1) is 0 Å². The Bertz CT molecular complexity index is 516. The molecule has 2 N–H and O–H groups in total. The van der Waals surface area contributed by atoms with Crippen molar-refractivity contribution in [1.82, 2.24) is 9.55 Å². The summed E-state index contributed by atoms with van der Waals surface area (Å²) in [4.78, 5) is 35.5. The molecule has 1 heterocycles. The van der Waals surface area contributed by atoms with Crippen LogP contribution in [0.4, 0.5) is 0 Å². The standard InChI is InChI=1S/C10H14N2O5/c1-3-6(5-17-2)12-4-7(9(14)15)8(13)11-10(12)16/h4,6H,3,5H2,1-2H3,(H,14,15)(H,11,13,16). The number of nitrogens with zero attached hydrogens (tertiary/aromatic N) is 1. The Morgan fingerprint density at radius 3 is 2.71 bits per heavy atom. The van der Waals surface area contributed by atoms with Gasteiger partial charge in [-0.05, 0) is 6.42 Å². The van der Waals surface area contributed by atoms with Gasteiger partial charge in [0, 0.05) is 13.3 Å². The topological polar surface area (TPSA) is 101 Å². The summed E-state index contributed by atoms with van der Waals surface area (Å²) in [5.74, 6) is -1.37. The van der Waals surface area contributed by atoms with E-state index in [0.717, 1.165) is 6.20 Å². The molecule has 0 spiro atoms. The highest BCUT2D eigenvalue weighted by Crippen LogP contribution is 2.08. The van der Waals surface area contributed by atoms with Gasteiger partial charge in [0.15, 0.2) is 0 Å². The van der Waals surface area contributed by atoms with Crippen LogP contribution in [0.2, 0.25) is 0 Å². The average Bonchev–Trinajstić information content (AvgIpc) is 2.26. The Labute approximate surface area is 96.7 Å². The summed E-state index contributed by atoms with van der Waals surface area (Å²) in [6.07, 6.45) is 1.63. The second kappa shape index (κ2) is 5.44. The highest BCUT2D eigenvalue weighted by atomic mass is 16.5. The molecule has 1 atom stereocenters. The van der Waals surface area contributed by atoms with Crippen molar-refractivity contribution < 1.29 is 14.6 Å². The van der Waals surface area contributed by atoms with Crippen molar-refractivity contribution in [2.75, 3.05) is 13.7 Å². The maximum absolute atomic E-state index is 11.5. The zero-order chi connectivity index (χ0) is 13.0. The first kappa shape index (κ1) is 13.2. The van der Waals surface area contributed by atoms with Crippen molar-refractivity contribution in [3.05, 3.63) is 32.6 Å². The van der Waals surface area contributed by atoms with Crippen LogP contribution >= 0.6 is 0 Å². The predicted octanol–water partition coefficient (Wildman–Crippen LogP) is -0.168. The molecule has 1 aromatic heterocycles. The number of H-pyrrole nitrogens is 1. The zero-order valence-corrected chi connectivity index (χ0v) is 9.60. The second-order valence-corrected chi connectivity index (χ2v) is 3.53. The Morgan fingerprint density at radius 2 is 2.24 bits per heavy atom. The summed E-state index contributed by atoms with van der Waals surface area (Å²) >= 11 is 0. The Morgan fingerprint density at radius 1 is 1.59 bits per heavy atom. The number of ether oxygens (including phenoxy) is 1. The van der Waals surface area contributed by atoms with Gasteiger partial charge in [-0.3, -0.25) is 14.3 Å². The third kappa shape index (κ3) is 2.82. The molecule has 0 bridgehead atoms. The van der Waals surface area contributed by atoms with E-state index in [1.807, 2.05) is 11.9 Å². The molecule has 0 aromatic carbocycles. The van der Waals surface area contributed by atoms with Gasteiger partial charge in [-0.25, -0.2) is 9.59 Å². The molecule has 17 heavy (non-hydrogen) atoms. The van der Waals surface area contributed by atoms with Gasteiger partial charge in [0.1, 0.15) is 5.56 Å². The summed E-state index contributed by atoms with van der Waals surface area (Å²) in [6.45, 7) is 2.10. The number of aromatic amines is 1. The van der Waals surface area contributed by atoms with Crippen molar-refractivity contribution >= 4 is 5.97 Å². The molecule has 0 saturated carbocycles. The summed E-state index contributed by atoms with van der Waals surface area (Å²) < 4.78 is 6.11. The van der Waals surface area contributed by atoms with E-state index in [2.05, 4.69) is 0 Å². The number of carbonyl (C=O) groups is 1. The molecule has 1 unspecified atom stereocenters. The number of aromatic nitrogens is 2. The normalized spacial score (nSPS) is 12.4. The number of rotatable bonds is 5. The first-order valence-corrected chi connectivity index (χ1v) is 5.09. The molecule has 7 nitrogen and oxygen atoms in total. The molecular formula is C10H14N2O5. The van der Waals surface area contributed by atoms with E-state index in [9.17, 15) is 14.4 Å². The number of carboxylic acid groups (broad SMARTS) is 1. The minimum atomic E-state index is -1.37. The molecule has 0 aliphatic carbocycles. The average molecular weight is 242 g/mol. The number of aromatic carboxylic acids is 1. The van der Waals surface area contributed by atoms with Crippen molar-refractivity contribution in [2.45, 2.75) is 19.4 Å². The van der Waals surface area contributed by atoms with E-state index in [-0.39, 0.29) is 12.6 Å². The quantitative estimate of drug-likeness (QED) is 0.746. The Kier molecular flexibility index (Phi) is 4.22. The zero-order valence-electron chi connectivity index (χ0n) is 9.60. The minimum absolute atomic E-state index is 0.265. The van der Waals surface area contributed by atoms with Crippen LogP contribution in [0.3, 0.4) is 0 Å². The number of methoxy groups -OCH3 is 1. The van der Waals surface area contributed by atoms with Crippen LogP contribution in [0.5, 0.6) is 0 Å². The predicted molar refractivity (Wildman–Crippen MR) is 59.5 cm³/mol. The molecule has 1 rings (SSSR count). The van der Waals surface area contributed by atoms with Gasteiger partial charge in [0.05, 0.1) is 12.6 Å². The fourth-order valence-corrected chi connectivity index (χ4v) is 1.50. The van der Waals surface area contributed by atoms with Gasteiger partial charge in [0.25, 0.3) is 5.56 Å². The Hall–Kier alpha value is -1.89. The third-order valence-corrected chi connectivity index (χ3v) is 2.42. The van der Waals surface area contributed by atoms with Gasteiger partial charge in [-0.15, -0.1) is 0 Å². The smallest absolute Gasteiger partial charge is 0.342 e. The van der Waals surface area contributed by atoms with E-state index >= 15 is 0 Å². The molecule has 0 aliphatic rings. The van der Waals surface area contributed by atoms with Crippen molar-refractivity contribution in [3.8, 4) is 0 Å². The number of hydrogen-bond acceptors (Lipinski definition) is 4. The third-order valence-electron chi connectivity index (χ3n) is 2.42. The lowest BCUT2D eigenvalue weighted by atomic mass is 10.2. The number of hydrogen-bond donors (Lipinski definition) is 2. The van der Waals surface area contributed by atoms with Gasteiger partial charge in [0.2, 0.25) is 0 Å². The maximum Gasteiger partial charge on any atom is 0.342 e. The highest BCUT2D eigenvalue weighted by molar-refractivity contribution is 5.86. The van der Waals surface area contributed by atoms with E-state index in [1.54, 1.807) is 0 Å². The van der Waals surface area contributed by atoms with Crippen LogP contribution in [-0.4, -0.2) is 34.3 Å². The fraction of sp³-hybridized carbons (Fsp3) is 0.500. The molecule has 94 valence electrons. The monoisotopic (exact) mass is 242 g/mol. The van der Waals surface area contributed by atoms with Gasteiger partial charge < -0.3 is 9.84 Å². The van der Waals surface area contributed by atoms with Gasteiger partial charge in [-0.1, -0.05) is 6.92 Å². The van der Waals surface area contributed by atoms with Gasteiger partial charge in [-0.2, -0.15) is 0 Å². The summed E-state index contributed by atoms with van der Waals surface area (Å²) in [7, 11) is 1.48. The fourth-order valence-electron chi connectivity index (χ4n) is 1.50. The van der Waals surface area contributed by atoms with E-state index in [0.29, 0.717) is 6.42 Å². The molecule has 0 aliphatic heterocycles.